The number of ether oxygens (including phenoxy) is 1. The van der Waals surface area contributed by atoms with E-state index in [4.69, 9.17) is 4.74 Å². The number of rotatable bonds is 5. The highest BCUT2D eigenvalue weighted by Gasteiger charge is 2.15. The Morgan fingerprint density at radius 3 is 2.44 bits per heavy atom. The number of halogens is 2. The average Bonchev–Trinajstić information content (AvgIpc) is 2.81. The third-order valence-electron chi connectivity index (χ3n) is 2.92. The van der Waals surface area contributed by atoms with E-state index in [0.717, 1.165) is 29.9 Å². The van der Waals surface area contributed by atoms with Crippen LogP contribution in [0.25, 0.3) is 0 Å². The highest BCUT2D eigenvalue weighted by Crippen LogP contribution is 2.16. The van der Waals surface area contributed by atoms with Crippen molar-refractivity contribution in [2.45, 2.75) is 18.9 Å². The molecule has 18 heavy (non-hydrogen) atoms. The second-order valence-electron chi connectivity index (χ2n) is 4.43. The first-order chi connectivity index (χ1) is 8.24. The van der Waals surface area contributed by atoms with Crippen molar-refractivity contribution in [1.82, 2.24) is 4.90 Å². The van der Waals surface area contributed by atoms with Gasteiger partial charge in [-0.2, -0.15) is 0 Å². The van der Waals surface area contributed by atoms with Gasteiger partial charge in [0, 0.05) is 11.0 Å². The van der Waals surface area contributed by atoms with Crippen molar-refractivity contribution in [1.29, 1.82) is 0 Å². The van der Waals surface area contributed by atoms with Crippen molar-refractivity contribution in [2.75, 3.05) is 26.2 Å². The fourth-order valence-electron chi connectivity index (χ4n) is 2.04. The molecule has 0 aliphatic carbocycles. The van der Waals surface area contributed by atoms with E-state index in [0.29, 0.717) is 6.61 Å². The number of nitrogens with zero attached hydrogens (tertiary/aromatic N) is 1. The van der Waals surface area contributed by atoms with Crippen LogP contribution in [0.1, 0.15) is 12.8 Å². The quantitative estimate of drug-likeness (QED) is 0.772. The van der Waals surface area contributed by atoms with Crippen molar-refractivity contribution in [3.8, 4) is 5.75 Å². The summed E-state index contributed by atoms with van der Waals surface area (Å²) in [5.74, 6) is 0.800. The lowest BCUT2D eigenvalue weighted by atomic mass is 10.3. The molecule has 1 atom stereocenters. The molecule has 2 rings (SSSR count). The third kappa shape index (κ3) is 5.14. The molecule has 1 aliphatic heterocycles. The van der Waals surface area contributed by atoms with Crippen molar-refractivity contribution in [2.24, 2.45) is 0 Å². The molecule has 0 radical (unpaired) electrons. The van der Waals surface area contributed by atoms with Crippen LogP contribution in [-0.2, 0) is 0 Å². The number of β-amino-alcohol motifs (C(OH)–C–C–N with tert-alkyl or cyclic N) is 1. The Labute approximate surface area is 123 Å². The summed E-state index contributed by atoms with van der Waals surface area (Å²) in [6.07, 6.45) is 2.09. The van der Waals surface area contributed by atoms with Crippen LogP contribution in [0.5, 0.6) is 5.75 Å². The Balaban J connectivity index is 0.00000162. The van der Waals surface area contributed by atoms with Crippen molar-refractivity contribution < 1.29 is 22.3 Å². The van der Waals surface area contributed by atoms with Gasteiger partial charge in [-0.15, -0.1) is 0 Å². The average molecular weight is 336 g/mol. The van der Waals surface area contributed by atoms with Gasteiger partial charge < -0.3 is 27.2 Å². The number of benzene rings is 1. The Morgan fingerprint density at radius 1 is 1.22 bits per heavy atom. The van der Waals surface area contributed by atoms with E-state index in [1.807, 2.05) is 24.3 Å². The third-order valence-corrected chi connectivity index (χ3v) is 3.45. The molecular weight excluding hydrogens is 318 g/mol. The lowest BCUT2D eigenvalue weighted by Crippen LogP contribution is -3.00. The van der Waals surface area contributed by atoms with Crippen molar-refractivity contribution in [3.63, 3.8) is 0 Å². The molecule has 102 valence electrons. The topological polar surface area (TPSA) is 32.7 Å². The van der Waals surface area contributed by atoms with Crippen LogP contribution < -0.4 is 17.1 Å². The summed E-state index contributed by atoms with van der Waals surface area (Å²) in [7, 11) is 0. The van der Waals surface area contributed by atoms with Gasteiger partial charge in [0.15, 0.2) is 0 Å². The predicted molar refractivity (Wildman–Crippen MR) is 71.3 cm³/mol. The zero-order chi connectivity index (χ0) is 12.1. The van der Waals surface area contributed by atoms with Crippen LogP contribution in [0, 0.1) is 0 Å². The van der Waals surface area contributed by atoms with Gasteiger partial charge in [-0.25, -0.2) is 0 Å². The number of hydrogen-bond donors (Lipinski definition) is 1. The van der Waals surface area contributed by atoms with Gasteiger partial charge in [0.25, 0.3) is 0 Å². The van der Waals surface area contributed by atoms with Gasteiger partial charge in [0.2, 0.25) is 0 Å². The first-order valence-electron chi connectivity index (χ1n) is 6.03. The molecule has 3 nitrogen and oxygen atoms in total. The SMILES string of the molecule is OC(COc1ccc(Br)cc1)CN1CCCC1.[Cl-]. The van der Waals surface area contributed by atoms with Crippen LogP contribution in [0.2, 0.25) is 0 Å². The minimum atomic E-state index is -0.406. The largest absolute Gasteiger partial charge is 1.00 e. The molecule has 1 unspecified atom stereocenters. The summed E-state index contributed by atoms with van der Waals surface area (Å²) < 4.78 is 6.57. The summed E-state index contributed by atoms with van der Waals surface area (Å²) in [4.78, 5) is 2.29. The molecule has 1 heterocycles. The van der Waals surface area contributed by atoms with Crippen molar-refractivity contribution in [3.05, 3.63) is 28.7 Å². The first kappa shape index (κ1) is 15.8. The number of aliphatic hydroxyl groups excluding tert-OH is 1. The fraction of sp³-hybridized carbons (Fsp3) is 0.538. The number of aliphatic hydroxyl groups is 1. The molecule has 1 fully saturated rings. The molecule has 1 aromatic rings. The molecule has 1 N–H and O–H groups in total. The van der Waals surface area contributed by atoms with Crippen LogP contribution in [-0.4, -0.2) is 42.4 Å². The molecule has 0 amide bonds. The van der Waals surface area contributed by atoms with Crippen LogP contribution in [0.15, 0.2) is 28.7 Å². The van der Waals surface area contributed by atoms with Gasteiger partial charge in [-0.1, -0.05) is 15.9 Å². The Bertz CT molecular complexity index is 341. The minimum Gasteiger partial charge on any atom is -1.00 e. The molecule has 1 aliphatic rings. The van der Waals surface area contributed by atoms with Crippen LogP contribution >= 0.6 is 15.9 Å². The first-order valence-corrected chi connectivity index (χ1v) is 6.82. The van der Waals surface area contributed by atoms with Gasteiger partial charge in [0.1, 0.15) is 18.5 Å². The fourth-order valence-corrected chi connectivity index (χ4v) is 2.30. The Kier molecular flexibility index (Phi) is 7.00. The standard InChI is InChI=1S/C13H18BrNO2.ClH/c14-11-3-5-13(6-4-11)17-10-12(16)9-15-7-1-2-8-15;/h3-6,12,16H,1-2,7-10H2;1H/p-1. The lowest BCUT2D eigenvalue weighted by molar-refractivity contribution is -0.00000558. The second kappa shape index (κ2) is 8.00. The van der Waals surface area contributed by atoms with Crippen LogP contribution in [0.4, 0.5) is 0 Å². The smallest absolute Gasteiger partial charge is 0.119 e. The predicted octanol–water partition coefficient (Wildman–Crippen LogP) is -0.711. The van der Waals surface area contributed by atoms with E-state index in [-0.39, 0.29) is 12.4 Å². The van der Waals surface area contributed by atoms with Gasteiger partial charge in [0.05, 0.1) is 0 Å². The molecule has 1 saturated heterocycles. The minimum absolute atomic E-state index is 0. The molecular formula is C13H18BrClNO2-. The summed E-state index contributed by atoms with van der Waals surface area (Å²) in [5, 5.41) is 9.85. The second-order valence-corrected chi connectivity index (χ2v) is 5.34. The maximum absolute atomic E-state index is 9.85. The molecule has 5 heteroatoms. The lowest BCUT2D eigenvalue weighted by Gasteiger charge is -2.19. The zero-order valence-electron chi connectivity index (χ0n) is 10.2. The summed E-state index contributed by atoms with van der Waals surface area (Å²) in [5.41, 5.74) is 0. The van der Waals surface area contributed by atoms with E-state index in [9.17, 15) is 5.11 Å². The maximum atomic E-state index is 9.85. The number of likely N-dealkylation sites (tertiary alicyclic amines) is 1. The zero-order valence-corrected chi connectivity index (χ0v) is 12.5. The number of hydrogen-bond acceptors (Lipinski definition) is 3. The molecule has 0 spiro atoms. The van der Waals surface area contributed by atoms with Crippen molar-refractivity contribution >= 4 is 15.9 Å². The highest BCUT2D eigenvalue weighted by atomic mass is 79.9. The normalized spacial score (nSPS) is 17.2. The van der Waals surface area contributed by atoms with E-state index in [1.54, 1.807) is 0 Å². The summed E-state index contributed by atoms with van der Waals surface area (Å²) in [6.45, 7) is 3.29. The molecule has 1 aromatic carbocycles. The monoisotopic (exact) mass is 334 g/mol. The van der Waals surface area contributed by atoms with E-state index in [1.165, 1.54) is 12.8 Å². The van der Waals surface area contributed by atoms with E-state index in [2.05, 4.69) is 20.8 Å². The van der Waals surface area contributed by atoms with Crippen LogP contribution in [0.3, 0.4) is 0 Å². The molecule has 0 aromatic heterocycles. The molecule has 0 bridgehead atoms. The maximum Gasteiger partial charge on any atom is 0.119 e. The highest BCUT2D eigenvalue weighted by molar-refractivity contribution is 9.10. The van der Waals surface area contributed by atoms with Gasteiger partial charge in [-0.3, -0.25) is 0 Å². The van der Waals surface area contributed by atoms with E-state index < -0.39 is 6.10 Å². The molecule has 0 saturated carbocycles. The van der Waals surface area contributed by atoms with E-state index >= 15 is 0 Å². The Morgan fingerprint density at radius 2 is 1.83 bits per heavy atom. The van der Waals surface area contributed by atoms with Gasteiger partial charge in [-0.05, 0) is 50.2 Å². The van der Waals surface area contributed by atoms with Gasteiger partial charge >= 0.3 is 0 Å². The Hall–Kier alpha value is -0.290. The summed E-state index contributed by atoms with van der Waals surface area (Å²) >= 11 is 3.37. The summed E-state index contributed by atoms with van der Waals surface area (Å²) in [6, 6.07) is 7.66.